The van der Waals surface area contributed by atoms with Crippen molar-refractivity contribution in [2.45, 2.75) is 6.54 Å². The topological polar surface area (TPSA) is 29.3 Å². The second kappa shape index (κ2) is 4.68. The average molecular weight is 232 g/mol. The van der Waals surface area contributed by atoms with Gasteiger partial charge in [-0.05, 0) is 37.2 Å². The van der Waals surface area contributed by atoms with Crippen LogP contribution >= 0.6 is 11.3 Å². The van der Waals surface area contributed by atoms with Gasteiger partial charge in [0.05, 0.1) is 0 Å². The minimum atomic E-state index is 0.863. The summed E-state index contributed by atoms with van der Waals surface area (Å²) in [6.45, 7) is 0.926. The normalized spacial score (nSPS) is 10.9. The summed E-state index contributed by atoms with van der Waals surface area (Å²) in [6, 6.07) is 10.5. The Morgan fingerprint density at radius 3 is 2.62 bits per heavy atom. The predicted octanol–water partition coefficient (Wildman–Crippen LogP) is 3.06. The molecule has 0 radical (unpaired) electrons. The molecule has 1 aromatic heterocycles. The summed E-state index contributed by atoms with van der Waals surface area (Å²) in [7, 11) is 4.12. The highest BCUT2D eigenvalue weighted by Gasteiger charge is 2.04. The minimum absolute atomic E-state index is 0.863. The van der Waals surface area contributed by atoms with E-state index >= 15 is 0 Å². The molecular formula is C13H16N2S. The number of nitrogens with zero attached hydrogens (tertiary/aromatic N) is 1. The van der Waals surface area contributed by atoms with E-state index in [9.17, 15) is 0 Å². The molecule has 0 saturated carbocycles. The Labute approximate surface area is 100 Å². The maximum absolute atomic E-state index is 6.08. The summed E-state index contributed by atoms with van der Waals surface area (Å²) in [6.07, 6.45) is 0. The minimum Gasteiger partial charge on any atom is -0.398 e. The molecule has 0 bridgehead atoms. The summed E-state index contributed by atoms with van der Waals surface area (Å²) in [4.78, 5) is 3.37. The third-order valence-electron chi connectivity index (χ3n) is 2.40. The van der Waals surface area contributed by atoms with Gasteiger partial charge in [-0.2, -0.15) is 0 Å². The lowest BCUT2D eigenvalue weighted by Crippen LogP contribution is -2.10. The molecule has 0 atom stereocenters. The third-order valence-corrected chi connectivity index (χ3v) is 3.30. The number of thiophene rings is 1. The van der Waals surface area contributed by atoms with Gasteiger partial charge in [-0.1, -0.05) is 18.2 Å². The van der Waals surface area contributed by atoms with Gasteiger partial charge in [-0.15, -0.1) is 11.3 Å². The molecule has 3 heteroatoms. The van der Waals surface area contributed by atoms with E-state index < -0.39 is 0 Å². The van der Waals surface area contributed by atoms with Gasteiger partial charge in [-0.25, -0.2) is 0 Å². The zero-order valence-electron chi connectivity index (χ0n) is 9.60. The molecule has 0 aliphatic heterocycles. The largest absolute Gasteiger partial charge is 0.398 e. The number of rotatable bonds is 3. The van der Waals surface area contributed by atoms with E-state index in [0.29, 0.717) is 0 Å². The van der Waals surface area contributed by atoms with Gasteiger partial charge in [0.15, 0.2) is 0 Å². The van der Waals surface area contributed by atoms with E-state index in [0.717, 1.165) is 17.8 Å². The first-order chi connectivity index (χ1) is 7.66. The van der Waals surface area contributed by atoms with Crippen molar-refractivity contribution >= 4 is 17.0 Å². The lowest BCUT2D eigenvalue weighted by Gasteiger charge is -2.11. The highest BCUT2D eigenvalue weighted by molar-refractivity contribution is 7.13. The molecule has 0 spiro atoms. The van der Waals surface area contributed by atoms with Crippen LogP contribution < -0.4 is 5.73 Å². The highest BCUT2D eigenvalue weighted by atomic mass is 32.1. The number of hydrogen-bond donors (Lipinski definition) is 1. The molecule has 16 heavy (non-hydrogen) atoms. The van der Waals surface area contributed by atoms with Crippen molar-refractivity contribution in [3.63, 3.8) is 0 Å². The molecule has 1 heterocycles. The number of nitrogen functional groups attached to an aromatic ring is 1. The van der Waals surface area contributed by atoms with Gasteiger partial charge in [-0.3, -0.25) is 0 Å². The van der Waals surface area contributed by atoms with E-state index in [1.165, 1.54) is 10.4 Å². The number of hydrogen-bond acceptors (Lipinski definition) is 3. The predicted molar refractivity (Wildman–Crippen MR) is 71.6 cm³/mol. The molecule has 0 fully saturated rings. The molecule has 2 aromatic rings. The first-order valence-electron chi connectivity index (χ1n) is 5.24. The van der Waals surface area contributed by atoms with Crippen molar-refractivity contribution in [1.82, 2.24) is 4.90 Å². The molecule has 2 nitrogen and oxygen atoms in total. The van der Waals surface area contributed by atoms with Crippen molar-refractivity contribution in [2.24, 2.45) is 0 Å². The van der Waals surface area contributed by atoms with E-state index in [4.69, 9.17) is 5.73 Å². The monoisotopic (exact) mass is 232 g/mol. The van der Waals surface area contributed by atoms with Crippen molar-refractivity contribution in [3.05, 3.63) is 41.3 Å². The van der Waals surface area contributed by atoms with Gasteiger partial charge in [0.1, 0.15) is 0 Å². The van der Waals surface area contributed by atoms with E-state index in [-0.39, 0.29) is 0 Å². The second-order valence-corrected chi connectivity index (χ2v) is 5.08. The number of anilines is 1. The molecular weight excluding hydrogens is 216 g/mol. The maximum atomic E-state index is 6.08. The van der Waals surface area contributed by atoms with Crippen molar-refractivity contribution in [1.29, 1.82) is 0 Å². The van der Waals surface area contributed by atoms with Crippen LogP contribution in [-0.2, 0) is 6.54 Å². The fourth-order valence-electron chi connectivity index (χ4n) is 1.73. The standard InChI is InChI=1S/C13H16N2S/c1-15(2)9-10-5-6-11(12(14)8-10)13-4-3-7-16-13/h3-8H,9,14H2,1-2H3. The fourth-order valence-corrected chi connectivity index (χ4v) is 2.51. The van der Waals surface area contributed by atoms with Gasteiger partial charge >= 0.3 is 0 Å². The quantitative estimate of drug-likeness (QED) is 0.824. The number of benzene rings is 1. The van der Waals surface area contributed by atoms with Crippen LogP contribution in [0.15, 0.2) is 35.7 Å². The summed E-state index contributed by atoms with van der Waals surface area (Å²) in [5.41, 5.74) is 9.33. The molecule has 0 saturated heterocycles. The molecule has 2 N–H and O–H groups in total. The Hall–Kier alpha value is -1.32. The Morgan fingerprint density at radius 1 is 1.25 bits per heavy atom. The van der Waals surface area contributed by atoms with Crippen LogP contribution in [0.3, 0.4) is 0 Å². The smallest absolute Gasteiger partial charge is 0.0405 e. The van der Waals surface area contributed by atoms with E-state index in [2.05, 4.69) is 48.6 Å². The zero-order valence-corrected chi connectivity index (χ0v) is 10.4. The SMILES string of the molecule is CN(C)Cc1ccc(-c2cccs2)c(N)c1. The Morgan fingerprint density at radius 2 is 2.06 bits per heavy atom. The van der Waals surface area contributed by atoms with Crippen LogP contribution in [0.2, 0.25) is 0 Å². The lowest BCUT2D eigenvalue weighted by molar-refractivity contribution is 0.402. The van der Waals surface area contributed by atoms with Crippen LogP contribution in [0.1, 0.15) is 5.56 Å². The summed E-state index contributed by atoms with van der Waals surface area (Å²) in [5, 5.41) is 2.07. The van der Waals surface area contributed by atoms with Gasteiger partial charge in [0.25, 0.3) is 0 Å². The van der Waals surface area contributed by atoms with Crippen molar-refractivity contribution in [2.75, 3.05) is 19.8 Å². The second-order valence-electron chi connectivity index (χ2n) is 4.14. The van der Waals surface area contributed by atoms with E-state index in [1.54, 1.807) is 11.3 Å². The van der Waals surface area contributed by atoms with Gasteiger partial charge in [0, 0.05) is 22.7 Å². The molecule has 2 rings (SSSR count). The van der Waals surface area contributed by atoms with Gasteiger partial charge < -0.3 is 10.6 Å². The molecule has 84 valence electrons. The first kappa shape index (κ1) is 11.2. The average Bonchev–Trinajstić information content (AvgIpc) is 2.69. The van der Waals surface area contributed by atoms with Crippen LogP contribution in [0.25, 0.3) is 10.4 Å². The van der Waals surface area contributed by atoms with Crippen LogP contribution in [0.5, 0.6) is 0 Å². The summed E-state index contributed by atoms with van der Waals surface area (Å²) in [5.74, 6) is 0. The van der Waals surface area contributed by atoms with Crippen molar-refractivity contribution in [3.8, 4) is 10.4 Å². The molecule has 0 aliphatic carbocycles. The summed E-state index contributed by atoms with van der Waals surface area (Å²) >= 11 is 1.72. The van der Waals surface area contributed by atoms with E-state index in [1.807, 2.05) is 6.07 Å². The molecule has 0 amide bonds. The maximum Gasteiger partial charge on any atom is 0.0405 e. The lowest BCUT2D eigenvalue weighted by atomic mass is 10.1. The first-order valence-corrected chi connectivity index (χ1v) is 6.12. The van der Waals surface area contributed by atoms with Crippen molar-refractivity contribution < 1.29 is 0 Å². The van der Waals surface area contributed by atoms with Gasteiger partial charge in [0.2, 0.25) is 0 Å². The molecule has 1 aromatic carbocycles. The zero-order chi connectivity index (χ0) is 11.5. The Kier molecular flexibility index (Phi) is 3.27. The number of nitrogens with two attached hydrogens (primary N) is 1. The highest BCUT2D eigenvalue weighted by Crippen LogP contribution is 2.30. The molecule has 0 aliphatic rings. The Bertz CT molecular complexity index is 461. The fraction of sp³-hybridized carbons (Fsp3) is 0.231. The van der Waals surface area contributed by atoms with Crippen LogP contribution in [0, 0.1) is 0 Å². The Balaban J connectivity index is 2.30. The summed E-state index contributed by atoms with van der Waals surface area (Å²) < 4.78 is 0. The third kappa shape index (κ3) is 2.43. The molecule has 0 unspecified atom stereocenters. The van der Waals surface area contributed by atoms with Crippen LogP contribution in [-0.4, -0.2) is 19.0 Å². The van der Waals surface area contributed by atoms with Crippen LogP contribution in [0.4, 0.5) is 5.69 Å².